The van der Waals surface area contributed by atoms with Crippen molar-refractivity contribution in [1.82, 2.24) is 4.31 Å². The predicted molar refractivity (Wildman–Crippen MR) is 77.1 cm³/mol. The van der Waals surface area contributed by atoms with Gasteiger partial charge in [0.2, 0.25) is 20.0 Å². The summed E-state index contributed by atoms with van der Waals surface area (Å²) in [5.74, 6) is 0. The number of nitrogens with zero attached hydrogens (tertiary/aromatic N) is 1. The predicted octanol–water partition coefficient (Wildman–Crippen LogP) is 1.14. The van der Waals surface area contributed by atoms with E-state index in [1.165, 1.54) is 28.6 Å². The third-order valence-electron chi connectivity index (χ3n) is 3.15. The van der Waals surface area contributed by atoms with Crippen LogP contribution in [0.1, 0.15) is 27.2 Å². The van der Waals surface area contributed by atoms with Gasteiger partial charge in [-0.25, -0.2) is 22.0 Å². The van der Waals surface area contributed by atoms with Gasteiger partial charge in [0.15, 0.2) is 0 Å². The SMILES string of the molecule is CCC(C)N(CC)S(=O)(=O)c1ccc(S(N)(=O)=O)cc1. The Morgan fingerprint density at radius 3 is 1.85 bits per heavy atom. The molecule has 1 aromatic rings. The second-order valence-electron chi connectivity index (χ2n) is 4.48. The standard InChI is InChI=1S/C12H20N2O4S2/c1-4-10(3)14(5-2)20(17,18)12-8-6-11(7-9-12)19(13,15)16/h6-10H,4-5H2,1-3H3,(H2,13,15,16). The van der Waals surface area contributed by atoms with E-state index in [4.69, 9.17) is 5.14 Å². The van der Waals surface area contributed by atoms with E-state index in [1.54, 1.807) is 6.92 Å². The summed E-state index contributed by atoms with van der Waals surface area (Å²) in [6.45, 7) is 5.86. The van der Waals surface area contributed by atoms with E-state index < -0.39 is 20.0 Å². The lowest BCUT2D eigenvalue weighted by atomic mass is 10.3. The number of benzene rings is 1. The van der Waals surface area contributed by atoms with E-state index in [-0.39, 0.29) is 15.8 Å². The second-order valence-corrected chi connectivity index (χ2v) is 7.93. The highest BCUT2D eigenvalue weighted by molar-refractivity contribution is 7.89. The van der Waals surface area contributed by atoms with Crippen molar-refractivity contribution in [2.75, 3.05) is 6.54 Å². The van der Waals surface area contributed by atoms with Gasteiger partial charge in [-0.1, -0.05) is 13.8 Å². The molecule has 2 N–H and O–H groups in total. The molecule has 0 aromatic heterocycles. The maximum atomic E-state index is 12.5. The first-order chi connectivity index (χ1) is 9.14. The zero-order valence-electron chi connectivity index (χ0n) is 11.8. The molecule has 0 spiro atoms. The summed E-state index contributed by atoms with van der Waals surface area (Å²) < 4.78 is 48.6. The van der Waals surface area contributed by atoms with E-state index in [2.05, 4.69) is 0 Å². The lowest BCUT2D eigenvalue weighted by Crippen LogP contribution is -2.38. The van der Waals surface area contributed by atoms with Crippen LogP contribution < -0.4 is 5.14 Å². The molecule has 0 heterocycles. The van der Waals surface area contributed by atoms with Gasteiger partial charge in [0.1, 0.15) is 0 Å². The van der Waals surface area contributed by atoms with Gasteiger partial charge in [-0.2, -0.15) is 4.31 Å². The minimum Gasteiger partial charge on any atom is -0.225 e. The molecule has 0 aliphatic carbocycles. The van der Waals surface area contributed by atoms with E-state index in [9.17, 15) is 16.8 Å². The van der Waals surface area contributed by atoms with Crippen molar-refractivity contribution in [3.8, 4) is 0 Å². The van der Waals surface area contributed by atoms with Gasteiger partial charge in [0, 0.05) is 12.6 Å². The van der Waals surface area contributed by atoms with Crippen LogP contribution in [0.5, 0.6) is 0 Å². The van der Waals surface area contributed by atoms with Gasteiger partial charge < -0.3 is 0 Å². The van der Waals surface area contributed by atoms with Crippen molar-refractivity contribution < 1.29 is 16.8 Å². The van der Waals surface area contributed by atoms with Crippen molar-refractivity contribution >= 4 is 20.0 Å². The minimum atomic E-state index is -3.82. The Balaban J connectivity index is 3.22. The number of primary sulfonamides is 1. The third kappa shape index (κ3) is 3.57. The highest BCUT2D eigenvalue weighted by Gasteiger charge is 2.26. The van der Waals surface area contributed by atoms with Crippen LogP contribution in [0.25, 0.3) is 0 Å². The van der Waals surface area contributed by atoms with Crippen molar-refractivity contribution in [2.45, 2.75) is 43.0 Å². The van der Waals surface area contributed by atoms with Crippen LogP contribution in [-0.4, -0.2) is 33.7 Å². The first-order valence-corrected chi connectivity index (χ1v) is 9.28. The van der Waals surface area contributed by atoms with Gasteiger partial charge in [-0.05, 0) is 37.6 Å². The first kappa shape index (κ1) is 17.1. The molecule has 0 radical (unpaired) electrons. The lowest BCUT2D eigenvalue weighted by molar-refractivity contribution is 0.342. The van der Waals surface area contributed by atoms with Crippen molar-refractivity contribution in [2.24, 2.45) is 5.14 Å². The van der Waals surface area contributed by atoms with Crippen LogP contribution in [0, 0.1) is 0 Å². The number of sulfonamides is 2. The first-order valence-electron chi connectivity index (χ1n) is 6.29. The Kier molecular flexibility index (Phi) is 5.31. The number of nitrogens with two attached hydrogens (primary N) is 1. The van der Waals surface area contributed by atoms with Gasteiger partial charge in [-0.15, -0.1) is 0 Å². The molecule has 0 aliphatic heterocycles. The molecule has 1 unspecified atom stereocenters. The van der Waals surface area contributed by atoms with Crippen LogP contribution in [0.3, 0.4) is 0 Å². The van der Waals surface area contributed by atoms with Crippen LogP contribution >= 0.6 is 0 Å². The Morgan fingerprint density at radius 1 is 1.05 bits per heavy atom. The largest absolute Gasteiger partial charge is 0.243 e. The molecule has 0 bridgehead atoms. The fraction of sp³-hybridized carbons (Fsp3) is 0.500. The molecule has 0 saturated heterocycles. The van der Waals surface area contributed by atoms with Crippen molar-refractivity contribution in [1.29, 1.82) is 0 Å². The van der Waals surface area contributed by atoms with Crippen molar-refractivity contribution in [3.63, 3.8) is 0 Å². The molecular formula is C12H20N2O4S2. The van der Waals surface area contributed by atoms with Crippen molar-refractivity contribution in [3.05, 3.63) is 24.3 Å². The molecule has 8 heteroatoms. The minimum absolute atomic E-state index is 0.0621. The van der Waals surface area contributed by atoms with Crippen LogP contribution in [0.15, 0.2) is 34.1 Å². The normalized spacial score (nSPS) is 14.4. The third-order valence-corrected chi connectivity index (χ3v) is 6.19. The summed E-state index contributed by atoms with van der Waals surface area (Å²) >= 11 is 0. The summed E-state index contributed by atoms with van der Waals surface area (Å²) in [4.78, 5) is -0.0462. The van der Waals surface area contributed by atoms with E-state index >= 15 is 0 Å². The average Bonchev–Trinajstić information content (AvgIpc) is 2.38. The van der Waals surface area contributed by atoms with Gasteiger partial charge >= 0.3 is 0 Å². The van der Waals surface area contributed by atoms with Crippen LogP contribution in [0.2, 0.25) is 0 Å². The molecule has 0 saturated carbocycles. The molecule has 0 fully saturated rings. The fourth-order valence-electron chi connectivity index (χ4n) is 1.86. The van der Waals surface area contributed by atoms with Gasteiger partial charge in [0.05, 0.1) is 9.79 Å². The number of rotatable bonds is 6. The molecule has 1 aromatic carbocycles. The zero-order chi connectivity index (χ0) is 15.6. The summed E-state index contributed by atoms with van der Waals surface area (Å²) in [6, 6.07) is 4.81. The smallest absolute Gasteiger partial charge is 0.225 e. The highest BCUT2D eigenvalue weighted by Crippen LogP contribution is 2.20. The fourth-order valence-corrected chi connectivity index (χ4v) is 4.09. The Labute approximate surface area is 120 Å². The molecule has 1 atom stereocenters. The molecular weight excluding hydrogens is 300 g/mol. The van der Waals surface area contributed by atoms with E-state index in [1.807, 2.05) is 13.8 Å². The maximum absolute atomic E-state index is 12.5. The monoisotopic (exact) mass is 320 g/mol. The topological polar surface area (TPSA) is 97.5 Å². The van der Waals surface area contributed by atoms with Gasteiger partial charge in [-0.3, -0.25) is 0 Å². The zero-order valence-corrected chi connectivity index (χ0v) is 13.4. The molecule has 114 valence electrons. The van der Waals surface area contributed by atoms with E-state index in [0.717, 1.165) is 0 Å². The summed E-state index contributed by atoms with van der Waals surface area (Å²) in [6.07, 6.45) is 0.697. The molecule has 20 heavy (non-hydrogen) atoms. The summed E-state index contributed by atoms with van der Waals surface area (Å²) in [5.41, 5.74) is 0. The van der Waals surface area contributed by atoms with Gasteiger partial charge in [0.25, 0.3) is 0 Å². The molecule has 0 aliphatic rings. The Hall–Kier alpha value is -0.960. The highest BCUT2D eigenvalue weighted by atomic mass is 32.2. The Bertz CT molecular complexity index is 651. The van der Waals surface area contributed by atoms with E-state index in [0.29, 0.717) is 13.0 Å². The van der Waals surface area contributed by atoms with Crippen LogP contribution in [0.4, 0.5) is 0 Å². The number of hydrogen-bond acceptors (Lipinski definition) is 4. The maximum Gasteiger partial charge on any atom is 0.243 e. The summed E-state index contributed by atoms with van der Waals surface area (Å²) in [5, 5.41) is 4.98. The molecule has 6 nitrogen and oxygen atoms in total. The molecule has 1 rings (SSSR count). The summed E-state index contributed by atoms with van der Waals surface area (Å²) in [7, 11) is -7.45. The quantitative estimate of drug-likeness (QED) is 0.850. The number of hydrogen-bond donors (Lipinski definition) is 1. The molecule has 0 amide bonds. The van der Waals surface area contributed by atoms with Crippen LogP contribution in [-0.2, 0) is 20.0 Å². The Morgan fingerprint density at radius 2 is 1.50 bits per heavy atom. The average molecular weight is 320 g/mol. The second kappa shape index (κ2) is 6.21. The lowest BCUT2D eigenvalue weighted by Gasteiger charge is -2.26.